The fourth-order valence-corrected chi connectivity index (χ4v) is 2.60. The number of benzene rings is 1. The number of Topliss-reactive ketones (excluding diaryl/α,β-unsaturated/α-hetero) is 1. The number of pyridine rings is 1. The Morgan fingerprint density at radius 2 is 1.80 bits per heavy atom. The Balaban J connectivity index is 2.02. The van der Waals surface area contributed by atoms with Crippen molar-refractivity contribution in [2.24, 2.45) is 0 Å². The Morgan fingerprint density at radius 3 is 2.55 bits per heavy atom. The summed E-state index contributed by atoms with van der Waals surface area (Å²) in [5.41, 5.74) is 1.36. The van der Waals surface area contributed by atoms with Crippen molar-refractivity contribution in [2.75, 3.05) is 4.90 Å². The van der Waals surface area contributed by atoms with Gasteiger partial charge in [0, 0.05) is 0 Å². The molecule has 3 rings (SSSR count). The van der Waals surface area contributed by atoms with Crippen LogP contribution in [-0.4, -0.2) is 16.7 Å². The number of hydrogen-bond acceptors (Lipinski definition) is 3. The number of hydrogen-bond donors (Lipinski definition) is 0. The maximum Gasteiger partial charge on any atom is 0.299 e. The topological polar surface area (TPSA) is 50.3 Å². The van der Waals surface area contributed by atoms with Gasteiger partial charge in [-0.2, -0.15) is 0 Å². The molecule has 1 aliphatic heterocycles. The summed E-state index contributed by atoms with van der Waals surface area (Å²) in [6, 6.07) is 10.1. The van der Waals surface area contributed by atoms with E-state index in [1.165, 1.54) is 4.90 Å². The first-order chi connectivity index (χ1) is 9.58. The molecule has 0 atom stereocenters. The van der Waals surface area contributed by atoms with Crippen molar-refractivity contribution in [3.63, 3.8) is 0 Å². The number of carbonyl (C=O) groups is 2. The third-order valence-electron chi connectivity index (χ3n) is 3.04. The number of amides is 1. The van der Waals surface area contributed by atoms with Crippen LogP contribution in [0.15, 0.2) is 36.4 Å². The molecule has 0 spiro atoms. The van der Waals surface area contributed by atoms with Gasteiger partial charge in [-0.1, -0.05) is 35.3 Å². The molecule has 6 heteroatoms. The van der Waals surface area contributed by atoms with E-state index in [4.69, 9.17) is 23.2 Å². The predicted molar refractivity (Wildman–Crippen MR) is 76.2 cm³/mol. The lowest BCUT2D eigenvalue weighted by Crippen LogP contribution is -2.29. The standard InChI is InChI=1S/C14H8Cl2N2O2/c15-9-4-2-5-10-12(9)13(19)14(20)18(10)7-8-3-1-6-11(16)17-8/h1-6H,7H2. The van der Waals surface area contributed by atoms with Gasteiger partial charge in [-0.05, 0) is 24.3 Å². The van der Waals surface area contributed by atoms with E-state index in [1.54, 1.807) is 36.4 Å². The van der Waals surface area contributed by atoms with Gasteiger partial charge < -0.3 is 0 Å². The highest BCUT2D eigenvalue weighted by Crippen LogP contribution is 2.34. The maximum absolute atomic E-state index is 12.1. The Hall–Kier alpha value is -1.91. The van der Waals surface area contributed by atoms with Crippen molar-refractivity contribution < 1.29 is 9.59 Å². The van der Waals surface area contributed by atoms with Gasteiger partial charge in [-0.15, -0.1) is 0 Å². The van der Waals surface area contributed by atoms with E-state index in [9.17, 15) is 9.59 Å². The molecule has 0 radical (unpaired) electrons. The molecule has 4 nitrogen and oxygen atoms in total. The van der Waals surface area contributed by atoms with E-state index in [-0.39, 0.29) is 17.1 Å². The zero-order valence-electron chi connectivity index (χ0n) is 10.1. The minimum atomic E-state index is -0.602. The first kappa shape index (κ1) is 13.1. The Morgan fingerprint density at radius 1 is 1.05 bits per heavy atom. The highest BCUT2D eigenvalue weighted by molar-refractivity contribution is 6.55. The van der Waals surface area contributed by atoms with E-state index >= 15 is 0 Å². The van der Waals surface area contributed by atoms with Crippen LogP contribution in [0.5, 0.6) is 0 Å². The molecular weight excluding hydrogens is 299 g/mol. The molecule has 1 aromatic heterocycles. The predicted octanol–water partition coefficient (Wildman–Crippen LogP) is 3.12. The van der Waals surface area contributed by atoms with Crippen molar-refractivity contribution in [3.8, 4) is 0 Å². The zero-order chi connectivity index (χ0) is 14.3. The SMILES string of the molecule is O=C1C(=O)N(Cc2cccc(Cl)n2)c2cccc(Cl)c21. The van der Waals surface area contributed by atoms with Gasteiger partial charge in [0.2, 0.25) is 0 Å². The average molecular weight is 307 g/mol. The van der Waals surface area contributed by atoms with Gasteiger partial charge in [-0.25, -0.2) is 4.98 Å². The lowest BCUT2D eigenvalue weighted by atomic mass is 10.1. The van der Waals surface area contributed by atoms with Crippen molar-refractivity contribution in [1.82, 2.24) is 4.98 Å². The molecule has 0 fully saturated rings. The second-order valence-corrected chi connectivity index (χ2v) is 5.10. The number of fused-ring (bicyclic) bond motifs is 1. The summed E-state index contributed by atoms with van der Waals surface area (Å²) in [5, 5.41) is 0.620. The molecule has 0 N–H and O–H groups in total. The third kappa shape index (κ3) is 2.07. The van der Waals surface area contributed by atoms with Crippen LogP contribution >= 0.6 is 23.2 Å². The van der Waals surface area contributed by atoms with Crippen LogP contribution in [0.2, 0.25) is 10.2 Å². The molecule has 0 aliphatic carbocycles. The van der Waals surface area contributed by atoms with Gasteiger partial charge in [0.1, 0.15) is 5.15 Å². The molecule has 0 saturated carbocycles. The van der Waals surface area contributed by atoms with Gasteiger partial charge in [0.05, 0.1) is 28.5 Å². The number of nitrogens with zero attached hydrogens (tertiary/aromatic N) is 2. The minimum absolute atomic E-state index is 0.179. The molecule has 2 aromatic rings. The second-order valence-electron chi connectivity index (χ2n) is 4.31. The Bertz CT molecular complexity index is 731. The summed E-state index contributed by atoms with van der Waals surface area (Å²) in [7, 11) is 0. The van der Waals surface area contributed by atoms with E-state index in [0.717, 1.165) is 0 Å². The highest BCUT2D eigenvalue weighted by atomic mass is 35.5. The lowest BCUT2D eigenvalue weighted by molar-refractivity contribution is -0.114. The molecule has 1 aromatic carbocycles. The lowest BCUT2D eigenvalue weighted by Gasteiger charge is -2.16. The van der Waals surface area contributed by atoms with Gasteiger partial charge >= 0.3 is 0 Å². The zero-order valence-corrected chi connectivity index (χ0v) is 11.6. The Kier molecular flexibility index (Phi) is 3.20. The molecular formula is C14H8Cl2N2O2. The Labute approximate surface area is 124 Å². The number of carbonyl (C=O) groups excluding carboxylic acids is 2. The number of halogens is 2. The van der Waals surface area contributed by atoms with E-state index in [0.29, 0.717) is 16.5 Å². The second kappa shape index (κ2) is 4.89. The summed E-state index contributed by atoms with van der Waals surface area (Å²) in [5.74, 6) is -1.19. The fourth-order valence-electron chi connectivity index (χ4n) is 2.16. The number of ketones is 1. The highest BCUT2D eigenvalue weighted by Gasteiger charge is 2.37. The molecule has 0 saturated heterocycles. The van der Waals surface area contributed by atoms with E-state index in [1.807, 2.05) is 0 Å². The maximum atomic E-state index is 12.1. The number of aromatic nitrogens is 1. The first-order valence-corrected chi connectivity index (χ1v) is 6.59. The van der Waals surface area contributed by atoms with Crippen LogP contribution in [0.1, 0.15) is 16.1 Å². The van der Waals surface area contributed by atoms with Crippen molar-refractivity contribution in [1.29, 1.82) is 0 Å². The summed E-state index contributed by atoms with van der Waals surface area (Å²) >= 11 is 11.8. The fraction of sp³-hybridized carbons (Fsp3) is 0.0714. The smallest absolute Gasteiger partial charge is 0.299 e. The minimum Gasteiger partial charge on any atom is -0.299 e. The largest absolute Gasteiger partial charge is 0.299 e. The molecule has 0 bridgehead atoms. The first-order valence-electron chi connectivity index (χ1n) is 5.84. The van der Waals surface area contributed by atoms with Gasteiger partial charge in [0.15, 0.2) is 0 Å². The third-order valence-corrected chi connectivity index (χ3v) is 3.57. The van der Waals surface area contributed by atoms with Gasteiger partial charge in [0.25, 0.3) is 11.7 Å². The molecule has 20 heavy (non-hydrogen) atoms. The van der Waals surface area contributed by atoms with Crippen LogP contribution in [0.3, 0.4) is 0 Å². The van der Waals surface area contributed by atoms with Crippen molar-refractivity contribution in [2.45, 2.75) is 6.54 Å². The van der Waals surface area contributed by atoms with Crippen molar-refractivity contribution in [3.05, 3.63) is 57.8 Å². The molecule has 1 aliphatic rings. The van der Waals surface area contributed by atoms with Crippen molar-refractivity contribution >= 4 is 40.6 Å². The summed E-state index contributed by atoms with van der Waals surface area (Å²) in [6.45, 7) is 0.179. The quantitative estimate of drug-likeness (QED) is 0.633. The molecule has 1 amide bonds. The molecule has 100 valence electrons. The van der Waals surface area contributed by atoms with Crippen LogP contribution in [0.25, 0.3) is 0 Å². The van der Waals surface area contributed by atoms with Gasteiger partial charge in [-0.3, -0.25) is 14.5 Å². The number of anilines is 1. The number of rotatable bonds is 2. The average Bonchev–Trinajstić information content (AvgIpc) is 2.65. The summed E-state index contributed by atoms with van der Waals surface area (Å²) in [4.78, 5) is 29.5. The summed E-state index contributed by atoms with van der Waals surface area (Å²) in [6.07, 6.45) is 0. The normalized spacial score (nSPS) is 13.8. The molecule has 2 heterocycles. The monoisotopic (exact) mass is 306 g/mol. The van der Waals surface area contributed by atoms with Crippen LogP contribution in [0, 0.1) is 0 Å². The van der Waals surface area contributed by atoms with Crippen LogP contribution in [-0.2, 0) is 11.3 Å². The van der Waals surface area contributed by atoms with E-state index < -0.39 is 11.7 Å². The van der Waals surface area contributed by atoms with E-state index in [2.05, 4.69) is 4.98 Å². The molecule has 0 unspecified atom stereocenters. The van der Waals surface area contributed by atoms with Crippen LogP contribution < -0.4 is 4.90 Å². The summed E-state index contributed by atoms with van der Waals surface area (Å²) < 4.78 is 0. The van der Waals surface area contributed by atoms with Crippen LogP contribution in [0.4, 0.5) is 5.69 Å².